The second-order valence-electron chi connectivity index (χ2n) is 6.05. The Kier molecular flexibility index (Phi) is 7.64. The number of halogens is 1. The monoisotopic (exact) mass is 427 g/mol. The highest BCUT2D eigenvalue weighted by atomic mass is 79.9. The number of amides is 2. The highest BCUT2D eigenvalue weighted by molar-refractivity contribution is 9.10. The Morgan fingerprint density at radius 3 is 2.64 bits per heavy atom. The average Bonchev–Trinajstić information content (AvgIpc) is 2.60. The molecule has 0 atom stereocenters. The number of hydrogen-bond donors (Lipinski definition) is 3. The molecule has 136 valence electrons. The number of aryl methyl sites for hydroxylation is 1. The molecular formula is C17H22BrN3O3S. The molecule has 0 saturated heterocycles. The van der Waals surface area contributed by atoms with Crippen LogP contribution in [0.25, 0.3) is 0 Å². The van der Waals surface area contributed by atoms with E-state index in [2.05, 4.69) is 32.1 Å². The first-order chi connectivity index (χ1) is 12.0. The molecule has 1 aromatic carbocycles. The molecule has 1 aliphatic carbocycles. The van der Waals surface area contributed by atoms with Gasteiger partial charge in [0.25, 0.3) is 5.91 Å². The van der Waals surface area contributed by atoms with Crippen molar-refractivity contribution >= 4 is 45.1 Å². The molecule has 1 aliphatic rings. The van der Waals surface area contributed by atoms with Crippen molar-refractivity contribution in [3.63, 3.8) is 0 Å². The lowest BCUT2D eigenvalue weighted by atomic mass is 9.89. The summed E-state index contributed by atoms with van der Waals surface area (Å²) in [5, 5.41) is 2.70. The molecule has 2 rings (SSSR count). The quantitative estimate of drug-likeness (QED) is 0.508. The first kappa shape index (κ1) is 19.7. The van der Waals surface area contributed by atoms with E-state index in [1.807, 2.05) is 19.1 Å². The lowest BCUT2D eigenvalue weighted by Crippen LogP contribution is -2.50. The van der Waals surface area contributed by atoms with Crippen molar-refractivity contribution in [2.24, 2.45) is 5.92 Å². The van der Waals surface area contributed by atoms with Gasteiger partial charge in [0.1, 0.15) is 5.75 Å². The van der Waals surface area contributed by atoms with Crippen molar-refractivity contribution in [2.75, 3.05) is 6.61 Å². The highest BCUT2D eigenvalue weighted by Crippen LogP contribution is 2.25. The second kappa shape index (κ2) is 9.72. The fourth-order valence-corrected chi connectivity index (χ4v) is 3.40. The van der Waals surface area contributed by atoms with E-state index >= 15 is 0 Å². The number of hydrogen-bond acceptors (Lipinski definition) is 4. The Labute approximate surface area is 161 Å². The fourth-order valence-electron chi connectivity index (χ4n) is 2.64. The number of rotatable bonds is 4. The predicted molar refractivity (Wildman–Crippen MR) is 103 cm³/mol. The lowest BCUT2D eigenvalue weighted by molar-refractivity contribution is -0.125. The zero-order valence-electron chi connectivity index (χ0n) is 14.1. The van der Waals surface area contributed by atoms with Crippen LogP contribution in [0.4, 0.5) is 0 Å². The number of hydrazine groups is 1. The minimum atomic E-state index is -0.401. The maximum Gasteiger partial charge on any atom is 0.276 e. The molecule has 3 N–H and O–H groups in total. The summed E-state index contributed by atoms with van der Waals surface area (Å²) in [5.74, 6) is 0.0911. The van der Waals surface area contributed by atoms with Gasteiger partial charge in [-0.15, -0.1) is 0 Å². The van der Waals surface area contributed by atoms with E-state index in [4.69, 9.17) is 17.0 Å². The van der Waals surface area contributed by atoms with E-state index in [9.17, 15) is 9.59 Å². The van der Waals surface area contributed by atoms with E-state index in [0.717, 1.165) is 35.7 Å². The SMILES string of the molecule is Cc1ccc(OCC(=O)NNC(=S)NC(=O)C2CCCCC2)c(Br)c1. The van der Waals surface area contributed by atoms with Crippen LogP contribution < -0.4 is 20.9 Å². The number of benzene rings is 1. The first-order valence-corrected chi connectivity index (χ1v) is 9.44. The van der Waals surface area contributed by atoms with Gasteiger partial charge in [-0.1, -0.05) is 25.3 Å². The Hall–Kier alpha value is -1.67. The van der Waals surface area contributed by atoms with Crippen LogP contribution in [0.2, 0.25) is 0 Å². The van der Waals surface area contributed by atoms with Gasteiger partial charge in [0, 0.05) is 5.92 Å². The molecule has 1 aromatic rings. The summed E-state index contributed by atoms with van der Waals surface area (Å²) in [4.78, 5) is 23.8. The number of carbonyl (C=O) groups is 2. The number of thiocarbonyl (C=S) groups is 1. The standard InChI is InChI=1S/C17H22BrN3O3S/c1-11-7-8-14(13(18)9-11)24-10-15(22)20-21-17(25)19-16(23)12-5-3-2-4-6-12/h7-9,12H,2-6,10H2,1H3,(H,20,22)(H2,19,21,23,25). The molecule has 1 saturated carbocycles. The Balaban J connectivity index is 1.68. The summed E-state index contributed by atoms with van der Waals surface area (Å²) in [7, 11) is 0. The molecule has 6 nitrogen and oxygen atoms in total. The Morgan fingerprint density at radius 1 is 1.24 bits per heavy atom. The molecule has 2 amide bonds. The fraction of sp³-hybridized carbons (Fsp3) is 0.471. The Bertz CT molecular complexity index is 648. The third-order valence-corrected chi connectivity index (χ3v) is 4.80. The van der Waals surface area contributed by atoms with Crippen molar-refractivity contribution in [2.45, 2.75) is 39.0 Å². The van der Waals surface area contributed by atoms with Crippen LogP contribution in [-0.4, -0.2) is 23.5 Å². The highest BCUT2D eigenvalue weighted by Gasteiger charge is 2.21. The van der Waals surface area contributed by atoms with Gasteiger partial charge < -0.3 is 10.1 Å². The van der Waals surface area contributed by atoms with E-state index in [-0.39, 0.29) is 23.5 Å². The number of nitrogens with one attached hydrogen (secondary N) is 3. The summed E-state index contributed by atoms with van der Waals surface area (Å²) in [5.41, 5.74) is 6.01. The van der Waals surface area contributed by atoms with Gasteiger partial charge >= 0.3 is 0 Å². The van der Waals surface area contributed by atoms with Crippen LogP contribution in [0.5, 0.6) is 5.75 Å². The van der Waals surface area contributed by atoms with Gasteiger partial charge in [0.05, 0.1) is 4.47 Å². The van der Waals surface area contributed by atoms with Gasteiger partial charge in [-0.25, -0.2) is 0 Å². The summed E-state index contributed by atoms with van der Waals surface area (Å²) in [6, 6.07) is 5.59. The largest absolute Gasteiger partial charge is 0.483 e. The number of carbonyl (C=O) groups excluding carboxylic acids is 2. The summed E-state index contributed by atoms with van der Waals surface area (Å²) < 4.78 is 6.21. The van der Waals surface area contributed by atoms with Crippen molar-refractivity contribution in [3.05, 3.63) is 28.2 Å². The molecule has 0 radical (unpaired) electrons. The van der Waals surface area contributed by atoms with Gasteiger partial charge in [-0.05, 0) is 65.6 Å². The van der Waals surface area contributed by atoms with Crippen molar-refractivity contribution in [3.8, 4) is 5.75 Å². The molecule has 0 unspecified atom stereocenters. The summed E-state index contributed by atoms with van der Waals surface area (Å²) in [6.07, 6.45) is 5.10. The molecule has 0 heterocycles. The van der Waals surface area contributed by atoms with Gasteiger partial charge in [0.15, 0.2) is 11.7 Å². The maximum atomic E-state index is 12.0. The maximum absolute atomic E-state index is 12.0. The van der Waals surface area contributed by atoms with Crippen LogP contribution in [0.1, 0.15) is 37.7 Å². The summed E-state index contributed by atoms with van der Waals surface area (Å²) >= 11 is 8.41. The van der Waals surface area contributed by atoms with E-state index in [1.54, 1.807) is 6.07 Å². The normalized spacial score (nSPS) is 14.5. The molecule has 1 fully saturated rings. The third-order valence-electron chi connectivity index (χ3n) is 3.97. The molecule has 0 aliphatic heterocycles. The summed E-state index contributed by atoms with van der Waals surface area (Å²) in [6.45, 7) is 1.79. The smallest absolute Gasteiger partial charge is 0.276 e. The van der Waals surface area contributed by atoms with Crippen molar-refractivity contribution in [1.82, 2.24) is 16.2 Å². The van der Waals surface area contributed by atoms with Crippen LogP contribution >= 0.6 is 28.1 Å². The predicted octanol–water partition coefficient (Wildman–Crippen LogP) is 2.74. The van der Waals surface area contributed by atoms with Crippen LogP contribution in [0.15, 0.2) is 22.7 Å². The van der Waals surface area contributed by atoms with Crippen molar-refractivity contribution < 1.29 is 14.3 Å². The topological polar surface area (TPSA) is 79.5 Å². The van der Waals surface area contributed by atoms with Gasteiger partial charge in [-0.2, -0.15) is 0 Å². The average molecular weight is 428 g/mol. The molecule has 0 bridgehead atoms. The molecular weight excluding hydrogens is 406 g/mol. The van der Waals surface area contributed by atoms with E-state index in [0.29, 0.717) is 5.75 Å². The Morgan fingerprint density at radius 2 is 1.96 bits per heavy atom. The van der Waals surface area contributed by atoms with E-state index in [1.165, 1.54) is 6.42 Å². The van der Waals surface area contributed by atoms with Gasteiger partial charge in [-0.3, -0.25) is 20.4 Å². The van der Waals surface area contributed by atoms with Crippen molar-refractivity contribution in [1.29, 1.82) is 0 Å². The molecule has 8 heteroatoms. The second-order valence-corrected chi connectivity index (χ2v) is 7.31. The van der Waals surface area contributed by atoms with E-state index < -0.39 is 5.91 Å². The zero-order chi connectivity index (χ0) is 18.2. The molecule has 0 aromatic heterocycles. The minimum Gasteiger partial charge on any atom is -0.483 e. The van der Waals surface area contributed by atoms with Crippen LogP contribution in [-0.2, 0) is 9.59 Å². The third kappa shape index (κ3) is 6.62. The van der Waals surface area contributed by atoms with Crippen LogP contribution in [0.3, 0.4) is 0 Å². The van der Waals surface area contributed by atoms with Crippen LogP contribution in [0, 0.1) is 12.8 Å². The zero-order valence-corrected chi connectivity index (χ0v) is 16.5. The first-order valence-electron chi connectivity index (χ1n) is 8.24. The molecule has 25 heavy (non-hydrogen) atoms. The number of ether oxygens (including phenoxy) is 1. The minimum absolute atomic E-state index is 0.00595. The molecule has 0 spiro atoms. The van der Waals surface area contributed by atoms with Gasteiger partial charge in [0.2, 0.25) is 5.91 Å². The lowest BCUT2D eigenvalue weighted by Gasteiger charge is -2.21.